The van der Waals surface area contributed by atoms with Gasteiger partial charge in [-0.2, -0.15) is 0 Å². The van der Waals surface area contributed by atoms with Crippen LogP contribution in [0.2, 0.25) is 0 Å². The van der Waals surface area contributed by atoms with Crippen LogP contribution in [-0.2, 0) is 19.8 Å². The molecule has 5 heteroatoms. The molecule has 104 valence electrons. The average Bonchev–Trinajstić information content (AvgIpc) is 2.92. The van der Waals surface area contributed by atoms with E-state index in [9.17, 15) is 5.11 Å². The molecule has 0 radical (unpaired) electrons. The summed E-state index contributed by atoms with van der Waals surface area (Å²) in [6.07, 6.45) is -1.25. The highest BCUT2D eigenvalue weighted by atomic mass is 35.5. The number of fused-ring (bicyclic) bond motifs is 1. The fourth-order valence-corrected chi connectivity index (χ4v) is 3.13. The van der Waals surface area contributed by atoms with Crippen LogP contribution in [-0.4, -0.2) is 42.7 Å². The Labute approximate surface area is 117 Å². The van der Waals surface area contributed by atoms with Crippen LogP contribution in [0.15, 0.2) is 24.3 Å². The summed E-state index contributed by atoms with van der Waals surface area (Å²) in [6, 6.07) is 8.05. The van der Waals surface area contributed by atoms with Crippen LogP contribution < -0.4 is 0 Å². The van der Waals surface area contributed by atoms with E-state index >= 15 is 0 Å². The van der Waals surface area contributed by atoms with Crippen LogP contribution in [0.4, 0.5) is 0 Å². The predicted molar refractivity (Wildman–Crippen MR) is 70.1 cm³/mol. The summed E-state index contributed by atoms with van der Waals surface area (Å²) in [4.78, 5) is 0. The number of halogens is 1. The van der Waals surface area contributed by atoms with Gasteiger partial charge in [0.25, 0.3) is 0 Å². The van der Waals surface area contributed by atoms with Crippen LogP contribution >= 0.6 is 11.6 Å². The largest absolute Gasteiger partial charge is 0.387 e. The van der Waals surface area contributed by atoms with Gasteiger partial charge in [0.1, 0.15) is 30.0 Å². The number of aliphatic hydroxyl groups is 1. The lowest BCUT2D eigenvalue weighted by Gasteiger charge is -2.31. The molecule has 2 aliphatic rings. The molecule has 2 saturated heterocycles. The third kappa shape index (κ3) is 1.99. The van der Waals surface area contributed by atoms with Crippen molar-refractivity contribution in [3.63, 3.8) is 0 Å². The second kappa shape index (κ2) is 5.04. The number of alkyl halides is 1. The summed E-state index contributed by atoms with van der Waals surface area (Å²) in [5.41, 5.74) is 1.26. The Morgan fingerprint density at radius 1 is 1.37 bits per heavy atom. The van der Waals surface area contributed by atoms with Gasteiger partial charge in [0.05, 0.1) is 13.2 Å². The Morgan fingerprint density at radius 2 is 2.11 bits per heavy atom. The fraction of sp³-hybridized carbons (Fsp3) is 0.571. The number of rotatable bonds is 3. The van der Waals surface area contributed by atoms with Gasteiger partial charge in [-0.1, -0.05) is 41.4 Å². The highest BCUT2D eigenvalue weighted by Gasteiger charge is 2.61. The molecule has 1 aromatic carbocycles. The second-order valence-electron chi connectivity index (χ2n) is 5.05. The van der Waals surface area contributed by atoms with E-state index in [1.807, 2.05) is 31.2 Å². The van der Waals surface area contributed by atoms with Crippen molar-refractivity contribution in [2.75, 3.05) is 19.3 Å². The third-order valence-electron chi connectivity index (χ3n) is 3.96. The smallest absolute Gasteiger partial charge is 0.150 e. The molecule has 1 N–H and O–H groups in total. The maximum absolute atomic E-state index is 10.3. The Balaban J connectivity index is 1.97. The van der Waals surface area contributed by atoms with Crippen LogP contribution in [0.5, 0.6) is 0 Å². The molecule has 2 aliphatic heterocycles. The maximum Gasteiger partial charge on any atom is 0.150 e. The van der Waals surface area contributed by atoms with E-state index in [0.29, 0.717) is 6.61 Å². The van der Waals surface area contributed by atoms with Crippen molar-refractivity contribution in [3.05, 3.63) is 35.4 Å². The van der Waals surface area contributed by atoms with E-state index in [0.717, 1.165) is 11.1 Å². The quantitative estimate of drug-likeness (QED) is 0.856. The van der Waals surface area contributed by atoms with Gasteiger partial charge in [-0.25, -0.2) is 0 Å². The molecule has 0 unspecified atom stereocenters. The summed E-state index contributed by atoms with van der Waals surface area (Å²) in [5.74, 6) is 0. The molecule has 0 aromatic heterocycles. The number of benzene rings is 1. The van der Waals surface area contributed by atoms with Gasteiger partial charge >= 0.3 is 0 Å². The standard InChI is InChI=1S/C14H17ClO4/c1-9-2-4-10(5-3-9)14-12(16)7-17-13(14)11(6-19-14)18-8-15/h2-5,11-13,16H,6-8H2,1H3/t11-,12+,13-,14-/m1/s1. The Hall–Kier alpha value is -0.650. The molecule has 0 aliphatic carbocycles. The first-order chi connectivity index (χ1) is 9.18. The van der Waals surface area contributed by atoms with Crippen LogP contribution in [0, 0.1) is 6.92 Å². The van der Waals surface area contributed by atoms with Crippen molar-refractivity contribution in [1.82, 2.24) is 0 Å². The zero-order valence-electron chi connectivity index (χ0n) is 10.7. The first-order valence-corrected chi connectivity index (χ1v) is 6.90. The van der Waals surface area contributed by atoms with Gasteiger partial charge in [-0.15, -0.1) is 0 Å². The predicted octanol–water partition coefficient (Wildman–Crippen LogP) is 1.56. The van der Waals surface area contributed by atoms with E-state index in [2.05, 4.69) is 0 Å². The molecule has 0 bridgehead atoms. The van der Waals surface area contributed by atoms with Crippen molar-refractivity contribution < 1.29 is 19.3 Å². The van der Waals surface area contributed by atoms with Gasteiger partial charge in [-0.05, 0) is 12.5 Å². The molecular weight excluding hydrogens is 268 g/mol. The van der Waals surface area contributed by atoms with E-state index in [-0.39, 0.29) is 24.9 Å². The molecule has 1 aromatic rings. The fourth-order valence-electron chi connectivity index (χ4n) is 2.97. The normalized spacial score (nSPS) is 37.5. The summed E-state index contributed by atoms with van der Waals surface area (Å²) in [7, 11) is 0. The van der Waals surface area contributed by atoms with Crippen molar-refractivity contribution in [3.8, 4) is 0 Å². The molecule has 2 fully saturated rings. The Morgan fingerprint density at radius 3 is 2.79 bits per heavy atom. The van der Waals surface area contributed by atoms with Crippen molar-refractivity contribution >= 4 is 11.6 Å². The van der Waals surface area contributed by atoms with Gasteiger partial charge < -0.3 is 19.3 Å². The van der Waals surface area contributed by atoms with Crippen molar-refractivity contribution in [1.29, 1.82) is 0 Å². The zero-order chi connectivity index (χ0) is 13.5. The minimum atomic E-state index is -0.829. The monoisotopic (exact) mass is 284 g/mol. The molecule has 0 saturated carbocycles. The molecule has 0 amide bonds. The van der Waals surface area contributed by atoms with Crippen LogP contribution in [0.25, 0.3) is 0 Å². The molecule has 19 heavy (non-hydrogen) atoms. The molecule has 3 rings (SSSR count). The second-order valence-corrected chi connectivity index (χ2v) is 5.27. The number of hydrogen-bond acceptors (Lipinski definition) is 4. The minimum absolute atomic E-state index is 0.0912. The van der Waals surface area contributed by atoms with E-state index in [1.54, 1.807) is 0 Å². The first-order valence-electron chi connectivity index (χ1n) is 6.37. The van der Waals surface area contributed by atoms with Crippen molar-refractivity contribution in [2.45, 2.75) is 30.8 Å². The summed E-state index contributed by atoms with van der Waals surface area (Å²) in [5, 5.41) is 10.3. The van der Waals surface area contributed by atoms with Gasteiger partial charge in [-0.3, -0.25) is 0 Å². The van der Waals surface area contributed by atoms with Crippen LogP contribution in [0.1, 0.15) is 11.1 Å². The maximum atomic E-state index is 10.3. The lowest BCUT2D eigenvalue weighted by Crippen LogP contribution is -2.44. The first kappa shape index (κ1) is 13.3. The molecule has 0 spiro atoms. The summed E-state index contributed by atoms with van der Waals surface area (Å²) >= 11 is 5.62. The number of aryl methyl sites for hydroxylation is 1. The molecule has 4 nitrogen and oxygen atoms in total. The van der Waals surface area contributed by atoms with E-state index < -0.39 is 11.7 Å². The lowest BCUT2D eigenvalue weighted by atomic mass is 9.84. The topological polar surface area (TPSA) is 47.9 Å². The SMILES string of the molecule is Cc1ccc([C@]23OC[C@@H](OCCl)[C@H]2OC[C@@H]3O)cc1. The van der Waals surface area contributed by atoms with Crippen LogP contribution in [0.3, 0.4) is 0 Å². The number of aliphatic hydroxyl groups excluding tert-OH is 1. The minimum Gasteiger partial charge on any atom is -0.387 e. The third-order valence-corrected chi connectivity index (χ3v) is 4.08. The highest BCUT2D eigenvalue weighted by Crippen LogP contribution is 2.46. The Kier molecular flexibility index (Phi) is 3.53. The summed E-state index contributed by atoms with van der Waals surface area (Å²) < 4.78 is 17.0. The highest BCUT2D eigenvalue weighted by molar-refractivity contribution is 6.17. The van der Waals surface area contributed by atoms with Crippen molar-refractivity contribution in [2.24, 2.45) is 0 Å². The average molecular weight is 285 g/mol. The molecule has 4 atom stereocenters. The number of ether oxygens (including phenoxy) is 3. The molecular formula is C14H17ClO4. The van der Waals surface area contributed by atoms with Gasteiger partial charge in [0.2, 0.25) is 0 Å². The lowest BCUT2D eigenvalue weighted by molar-refractivity contribution is -0.0819. The summed E-state index contributed by atoms with van der Waals surface area (Å²) in [6.45, 7) is 2.65. The Bertz CT molecular complexity index is 449. The van der Waals surface area contributed by atoms with Gasteiger partial charge in [0.15, 0.2) is 0 Å². The van der Waals surface area contributed by atoms with E-state index in [4.69, 9.17) is 25.8 Å². The zero-order valence-corrected chi connectivity index (χ0v) is 11.5. The number of hydrogen-bond donors (Lipinski definition) is 1. The van der Waals surface area contributed by atoms with Gasteiger partial charge in [0, 0.05) is 0 Å². The van der Waals surface area contributed by atoms with E-state index in [1.165, 1.54) is 0 Å². The molecule has 2 heterocycles.